The van der Waals surface area contributed by atoms with Crippen LogP contribution in [0.2, 0.25) is 0 Å². The largest absolute Gasteiger partial charge is 0.249 e. The van der Waals surface area contributed by atoms with E-state index in [0.29, 0.717) is 12.5 Å². The zero-order valence-electron chi connectivity index (χ0n) is 11.2. The topological polar surface area (TPSA) is 54.5 Å². The van der Waals surface area contributed by atoms with E-state index in [0.717, 1.165) is 30.9 Å². The first-order chi connectivity index (χ1) is 8.79. The van der Waals surface area contributed by atoms with E-state index in [1.54, 1.807) is 0 Å². The lowest BCUT2D eigenvalue weighted by Gasteiger charge is -2.26. The van der Waals surface area contributed by atoms with Crippen LogP contribution in [0.1, 0.15) is 63.6 Å². The number of rotatable bonds is 5. The van der Waals surface area contributed by atoms with Crippen molar-refractivity contribution in [1.29, 1.82) is 5.26 Å². The van der Waals surface area contributed by atoms with E-state index in [2.05, 4.69) is 34.2 Å². The highest BCUT2D eigenvalue weighted by molar-refractivity contribution is 4.94. The smallest absolute Gasteiger partial charge is 0.0827 e. The van der Waals surface area contributed by atoms with E-state index in [1.807, 2.05) is 0 Å². The molecule has 1 aromatic rings. The lowest BCUT2D eigenvalue weighted by atomic mass is 9.87. The quantitative estimate of drug-likeness (QED) is 0.749. The predicted octanol–water partition coefficient (Wildman–Crippen LogP) is 3.27. The zero-order valence-corrected chi connectivity index (χ0v) is 11.2. The van der Waals surface area contributed by atoms with Gasteiger partial charge >= 0.3 is 0 Å². The Morgan fingerprint density at radius 2 is 2.33 bits per heavy atom. The molecule has 2 atom stereocenters. The third kappa shape index (κ3) is 3.56. The molecule has 4 heteroatoms. The van der Waals surface area contributed by atoms with Crippen molar-refractivity contribution in [3.63, 3.8) is 0 Å². The summed E-state index contributed by atoms with van der Waals surface area (Å²) >= 11 is 0. The van der Waals surface area contributed by atoms with E-state index >= 15 is 0 Å². The summed E-state index contributed by atoms with van der Waals surface area (Å²) in [5.74, 6) is 0.812. The highest BCUT2D eigenvalue weighted by Gasteiger charge is 2.21. The Morgan fingerprint density at radius 1 is 1.44 bits per heavy atom. The van der Waals surface area contributed by atoms with Gasteiger partial charge in [-0.2, -0.15) is 5.26 Å². The van der Waals surface area contributed by atoms with E-state index in [9.17, 15) is 0 Å². The average molecular weight is 246 g/mol. The number of unbranched alkanes of at least 4 members (excludes halogenated alkanes) is 2. The molecule has 1 heterocycles. The molecular formula is C14H22N4. The SMILES string of the molecule is CC1CCCC(n2cc(CCCCC#N)nn2)C1. The molecule has 4 nitrogen and oxygen atoms in total. The summed E-state index contributed by atoms with van der Waals surface area (Å²) < 4.78 is 2.06. The fourth-order valence-electron chi connectivity index (χ4n) is 2.76. The number of nitriles is 1. The lowest BCUT2D eigenvalue weighted by Crippen LogP contribution is -2.18. The molecule has 0 aliphatic heterocycles. The van der Waals surface area contributed by atoms with Gasteiger partial charge in [-0.3, -0.25) is 0 Å². The molecule has 1 aliphatic rings. The molecule has 0 radical (unpaired) electrons. The van der Waals surface area contributed by atoms with Gasteiger partial charge < -0.3 is 0 Å². The molecule has 2 unspecified atom stereocenters. The van der Waals surface area contributed by atoms with Crippen molar-refractivity contribution in [2.24, 2.45) is 5.92 Å². The van der Waals surface area contributed by atoms with Crippen LogP contribution in [0, 0.1) is 17.2 Å². The third-order valence-electron chi connectivity index (χ3n) is 3.81. The van der Waals surface area contributed by atoms with Gasteiger partial charge in [-0.1, -0.05) is 25.0 Å². The molecule has 0 saturated heterocycles. The van der Waals surface area contributed by atoms with Crippen molar-refractivity contribution in [3.8, 4) is 6.07 Å². The fourth-order valence-corrected chi connectivity index (χ4v) is 2.76. The molecule has 0 N–H and O–H groups in total. The van der Waals surface area contributed by atoms with Crippen molar-refractivity contribution in [2.45, 2.75) is 64.3 Å². The van der Waals surface area contributed by atoms with Gasteiger partial charge in [0.25, 0.3) is 0 Å². The predicted molar refractivity (Wildman–Crippen MR) is 69.9 cm³/mol. The maximum absolute atomic E-state index is 8.48. The van der Waals surface area contributed by atoms with Gasteiger partial charge in [0.1, 0.15) is 0 Å². The standard InChI is InChI=1S/C14H22N4/c1-12-6-5-8-14(10-12)18-11-13(16-17-18)7-3-2-4-9-15/h11-12,14H,2-8,10H2,1H3. The summed E-state index contributed by atoms with van der Waals surface area (Å²) in [7, 11) is 0. The van der Waals surface area contributed by atoms with Crippen LogP contribution in [0.4, 0.5) is 0 Å². The molecule has 0 bridgehead atoms. The van der Waals surface area contributed by atoms with Crippen molar-refractivity contribution in [3.05, 3.63) is 11.9 Å². The second-order valence-corrected chi connectivity index (χ2v) is 5.48. The Morgan fingerprint density at radius 3 is 3.11 bits per heavy atom. The first kappa shape index (κ1) is 13.1. The van der Waals surface area contributed by atoms with Crippen LogP contribution in [0.3, 0.4) is 0 Å². The van der Waals surface area contributed by atoms with Crippen LogP contribution in [0.15, 0.2) is 6.20 Å². The van der Waals surface area contributed by atoms with Gasteiger partial charge in [0, 0.05) is 12.6 Å². The Hall–Kier alpha value is -1.37. The number of hydrogen-bond acceptors (Lipinski definition) is 3. The maximum atomic E-state index is 8.48. The number of aromatic nitrogens is 3. The van der Waals surface area contributed by atoms with Gasteiger partial charge in [0.15, 0.2) is 0 Å². The molecule has 0 spiro atoms. The van der Waals surface area contributed by atoms with Crippen molar-refractivity contribution in [1.82, 2.24) is 15.0 Å². The molecule has 0 amide bonds. The second-order valence-electron chi connectivity index (χ2n) is 5.48. The van der Waals surface area contributed by atoms with Crippen molar-refractivity contribution < 1.29 is 0 Å². The molecule has 98 valence electrons. The van der Waals surface area contributed by atoms with Gasteiger partial charge in [-0.15, -0.1) is 5.10 Å². The molecule has 0 aromatic carbocycles. The zero-order chi connectivity index (χ0) is 12.8. The number of aryl methyl sites for hydroxylation is 1. The monoisotopic (exact) mass is 246 g/mol. The summed E-state index contributed by atoms with van der Waals surface area (Å²) in [6.45, 7) is 2.33. The Bertz CT molecular complexity index is 404. The van der Waals surface area contributed by atoms with Gasteiger partial charge in [0.05, 0.1) is 17.8 Å². The minimum atomic E-state index is 0.550. The molecule has 1 saturated carbocycles. The first-order valence-corrected chi connectivity index (χ1v) is 7.07. The molecule has 1 aliphatic carbocycles. The van der Waals surface area contributed by atoms with Gasteiger partial charge in [-0.25, -0.2) is 4.68 Å². The minimum absolute atomic E-state index is 0.550. The van der Waals surface area contributed by atoms with Crippen LogP contribution in [-0.2, 0) is 6.42 Å². The molecule has 2 rings (SSSR count). The maximum Gasteiger partial charge on any atom is 0.0827 e. The molecule has 18 heavy (non-hydrogen) atoms. The Balaban J connectivity index is 1.83. The van der Waals surface area contributed by atoms with Gasteiger partial charge in [0.2, 0.25) is 0 Å². The van der Waals surface area contributed by atoms with Crippen molar-refractivity contribution in [2.75, 3.05) is 0 Å². The Labute approximate surface area is 109 Å². The highest BCUT2D eigenvalue weighted by atomic mass is 15.4. The van der Waals surface area contributed by atoms with E-state index in [-0.39, 0.29) is 0 Å². The van der Waals surface area contributed by atoms with Gasteiger partial charge in [-0.05, 0) is 38.0 Å². The molecule has 1 fully saturated rings. The summed E-state index contributed by atoms with van der Waals surface area (Å²) in [5, 5.41) is 17.0. The third-order valence-corrected chi connectivity index (χ3v) is 3.81. The van der Waals surface area contributed by atoms with Crippen LogP contribution in [0.5, 0.6) is 0 Å². The van der Waals surface area contributed by atoms with E-state index < -0.39 is 0 Å². The van der Waals surface area contributed by atoms with Crippen molar-refractivity contribution >= 4 is 0 Å². The summed E-state index contributed by atoms with van der Waals surface area (Å²) in [6, 6.07) is 2.72. The van der Waals surface area contributed by atoms with Crippen LogP contribution >= 0.6 is 0 Å². The lowest BCUT2D eigenvalue weighted by molar-refractivity contribution is 0.263. The average Bonchev–Trinajstić information content (AvgIpc) is 2.83. The number of nitrogens with zero attached hydrogens (tertiary/aromatic N) is 4. The van der Waals surface area contributed by atoms with Crippen LogP contribution in [0.25, 0.3) is 0 Å². The van der Waals surface area contributed by atoms with E-state index in [4.69, 9.17) is 5.26 Å². The minimum Gasteiger partial charge on any atom is -0.249 e. The summed E-state index contributed by atoms with van der Waals surface area (Å²) in [6.07, 6.45) is 10.8. The van der Waals surface area contributed by atoms with Crippen LogP contribution < -0.4 is 0 Å². The fraction of sp³-hybridized carbons (Fsp3) is 0.786. The van der Waals surface area contributed by atoms with Crippen LogP contribution in [-0.4, -0.2) is 15.0 Å². The molecule has 1 aromatic heterocycles. The summed E-state index contributed by atoms with van der Waals surface area (Å²) in [4.78, 5) is 0. The molecular weight excluding hydrogens is 224 g/mol. The highest BCUT2D eigenvalue weighted by Crippen LogP contribution is 2.31. The second kappa shape index (κ2) is 6.53. The number of hydrogen-bond donors (Lipinski definition) is 0. The first-order valence-electron chi connectivity index (χ1n) is 7.07. The Kier molecular flexibility index (Phi) is 4.74. The normalized spacial score (nSPS) is 23.8. The summed E-state index contributed by atoms with van der Waals surface area (Å²) in [5.41, 5.74) is 1.08. The van der Waals surface area contributed by atoms with E-state index in [1.165, 1.54) is 25.7 Å².